The zero-order chi connectivity index (χ0) is 15.0. The molecule has 21 heavy (non-hydrogen) atoms. The van der Waals surface area contributed by atoms with E-state index in [0.717, 1.165) is 18.5 Å². The molecule has 1 unspecified atom stereocenters. The number of amidine groups is 1. The first-order valence-corrected chi connectivity index (χ1v) is 7.87. The summed E-state index contributed by atoms with van der Waals surface area (Å²) in [6.07, 6.45) is 1.05. The number of fused-ring (bicyclic) bond motifs is 1. The van der Waals surface area contributed by atoms with Gasteiger partial charge in [0.15, 0.2) is 0 Å². The summed E-state index contributed by atoms with van der Waals surface area (Å²) in [5.41, 5.74) is 8.38. The minimum Gasteiger partial charge on any atom is -0.384 e. The second-order valence-electron chi connectivity index (χ2n) is 5.41. The summed E-state index contributed by atoms with van der Waals surface area (Å²) in [6.45, 7) is 3.86. The lowest BCUT2D eigenvalue weighted by molar-refractivity contribution is 0.191. The standard InChI is InChI=1S/C16H18FN3S/c1-10-13-5-7-21-15(13)4-6-20(10)9-11-2-3-12(17)8-14(11)16(18)19/h2-3,5,7-8,10H,4,6,9H2,1H3,(H3,18,19). The largest absolute Gasteiger partial charge is 0.384 e. The van der Waals surface area contributed by atoms with Gasteiger partial charge in [-0.25, -0.2) is 4.39 Å². The van der Waals surface area contributed by atoms with E-state index in [1.54, 1.807) is 6.07 Å². The Morgan fingerprint density at radius 3 is 3.05 bits per heavy atom. The number of rotatable bonds is 3. The normalized spacial score (nSPS) is 18.5. The summed E-state index contributed by atoms with van der Waals surface area (Å²) < 4.78 is 13.4. The molecule has 3 nitrogen and oxygen atoms in total. The van der Waals surface area contributed by atoms with Gasteiger partial charge in [0.25, 0.3) is 0 Å². The minimum absolute atomic E-state index is 0.0783. The van der Waals surface area contributed by atoms with E-state index in [-0.39, 0.29) is 11.7 Å². The maximum atomic E-state index is 13.4. The zero-order valence-electron chi connectivity index (χ0n) is 11.9. The lowest BCUT2D eigenvalue weighted by atomic mass is 9.99. The van der Waals surface area contributed by atoms with E-state index in [2.05, 4.69) is 23.3 Å². The van der Waals surface area contributed by atoms with Crippen LogP contribution in [-0.4, -0.2) is 17.3 Å². The maximum absolute atomic E-state index is 13.4. The molecule has 3 N–H and O–H groups in total. The van der Waals surface area contributed by atoms with Crippen LogP contribution in [0.2, 0.25) is 0 Å². The molecule has 0 radical (unpaired) electrons. The van der Waals surface area contributed by atoms with Gasteiger partial charge < -0.3 is 5.73 Å². The van der Waals surface area contributed by atoms with Crippen molar-refractivity contribution in [3.63, 3.8) is 0 Å². The number of hydrogen-bond acceptors (Lipinski definition) is 3. The number of nitrogens with two attached hydrogens (primary N) is 1. The lowest BCUT2D eigenvalue weighted by Gasteiger charge is -2.34. The highest BCUT2D eigenvalue weighted by atomic mass is 32.1. The number of thiophene rings is 1. The second-order valence-corrected chi connectivity index (χ2v) is 6.41. The van der Waals surface area contributed by atoms with E-state index in [4.69, 9.17) is 11.1 Å². The van der Waals surface area contributed by atoms with E-state index >= 15 is 0 Å². The van der Waals surface area contributed by atoms with Gasteiger partial charge in [-0.15, -0.1) is 11.3 Å². The summed E-state index contributed by atoms with van der Waals surface area (Å²) >= 11 is 1.82. The average Bonchev–Trinajstić information content (AvgIpc) is 2.92. The van der Waals surface area contributed by atoms with Gasteiger partial charge in [-0.2, -0.15) is 0 Å². The molecular formula is C16H18FN3S. The Hall–Kier alpha value is -1.72. The van der Waals surface area contributed by atoms with Crippen molar-refractivity contribution in [3.8, 4) is 0 Å². The van der Waals surface area contributed by atoms with Crippen LogP contribution in [0.1, 0.15) is 34.5 Å². The molecule has 0 amide bonds. The van der Waals surface area contributed by atoms with Crippen LogP contribution in [0.25, 0.3) is 0 Å². The third kappa shape index (κ3) is 2.71. The molecule has 1 aliphatic rings. The maximum Gasteiger partial charge on any atom is 0.123 e. The molecule has 0 aliphatic carbocycles. The van der Waals surface area contributed by atoms with Crippen LogP contribution in [-0.2, 0) is 13.0 Å². The van der Waals surface area contributed by atoms with Crippen LogP contribution in [0.5, 0.6) is 0 Å². The van der Waals surface area contributed by atoms with Crippen molar-refractivity contribution in [3.05, 3.63) is 57.0 Å². The Labute approximate surface area is 127 Å². The van der Waals surface area contributed by atoms with Gasteiger partial charge in [0.2, 0.25) is 0 Å². The van der Waals surface area contributed by atoms with Crippen LogP contribution >= 0.6 is 11.3 Å². The van der Waals surface area contributed by atoms with Crippen molar-refractivity contribution in [2.24, 2.45) is 5.73 Å². The predicted octanol–water partition coefficient (Wildman–Crippen LogP) is 3.29. The van der Waals surface area contributed by atoms with Gasteiger partial charge in [-0.1, -0.05) is 6.07 Å². The molecule has 3 rings (SSSR count). The summed E-state index contributed by atoms with van der Waals surface area (Å²) in [5.74, 6) is -0.429. The highest BCUT2D eigenvalue weighted by Crippen LogP contribution is 2.33. The smallest absolute Gasteiger partial charge is 0.123 e. The van der Waals surface area contributed by atoms with Crippen molar-refractivity contribution in [2.75, 3.05) is 6.54 Å². The molecule has 1 aromatic heterocycles. The third-order valence-electron chi connectivity index (χ3n) is 4.14. The van der Waals surface area contributed by atoms with E-state index < -0.39 is 0 Å². The summed E-state index contributed by atoms with van der Waals surface area (Å²) in [7, 11) is 0. The predicted molar refractivity (Wildman–Crippen MR) is 84.3 cm³/mol. The van der Waals surface area contributed by atoms with Crippen molar-refractivity contribution in [1.82, 2.24) is 4.90 Å². The number of halogens is 1. The van der Waals surface area contributed by atoms with E-state index in [1.807, 2.05) is 11.3 Å². The highest BCUT2D eigenvalue weighted by molar-refractivity contribution is 7.10. The number of nitrogens with zero attached hydrogens (tertiary/aromatic N) is 1. The van der Waals surface area contributed by atoms with Crippen LogP contribution in [0.15, 0.2) is 29.6 Å². The van der Waals surface area contributed by atoms with Crippen molar-refractivity contribution in [2.45, 2.75) is 25.9 Å². The van der Waals surface area contributed by atoms with Gasteiger partial charge in [-0.05, 0) is 48.1 Å². The SMILES string of the molecule is CC1c2ccsc2CCN1Cc1ccc(F)cc1C(=N)N. The highest BCUT2D eigenvalue weighted by Gasteiger charge is 2.25. The molecule has 1 aromatic carbocycles. The average molecular weight is 303 g/mol. The van der Waals surface area contributed by atoms with Gasteiger partial charge in [-0.3, -0.25) is 10.3 Å². The topological polar surface area (TPSA) is 53.1 Å². The molecule has 0 bridgehead atoms. The zero-order valence-corrected chi connectivity index (χ0v) is 12.7. The molecule has 5 heteroatoms. The molecule has 0 saturated heterocycles. The van der Waals surface area contributed by atoms with Gasteiger partial charge in [0.1, 0.15) is 11.7 Å². The Balaban J connectivity index is 1.86. The fraction of sp³-hybridized carbons (Fsp3) is 0.312. The fourth-order valence-corrected chi connectivity index (χ4v) is 3.90. The van der Waals surface area contributed by atoms with Crippen molar-refractivity contribution >= 4 is 17.2 Å². The number of nitrogens with one attached hydrogen (secondary N) is 1. The summed E-state index contributed by atoms with van der Waals surface area (Å²) in [6, 6.07) is 7.05. The first kappa shape index (κ1) is 14.2. The molecular weight excluding hydrogens is 285 g/mol. The summed E-state index contributed by atoms with van der Waals surface area (Å²) in [4.78, 5) is 3.82. The molecule has 110 valence electrons. The van der Waals surface area contributed by atoms with Gasteiger partial charge in [0.05, 0.1) is 0 Å². The number of hydrogen-bond donors (Lipinski definition) is 2. The molecule has 1 aliphatic heterocycles. The Morgan fingerprint density at radius 1 is 1.48 bits per heavy atom. The Kier molecular flexibility index (Phi) is 3.78. The van der Waals surface area contributed by atoms with E-state index in [1.165, 1.54) is 22.6 Å². The number of benzene rings is 1. The van der Waals surface area contributed by atoms with E-state index in [0.29, 0.717) is 18.2 Å². The first-order chi connectivity index (χ1) is 10.1. The monoisotopic (exact) mass is 303 g/mol. The quantitative estimate of drug-likeness (QED) is 0.675. The molecule has 0 spiro atoms. The minimum atomic E-state index is -0.351. The van der Waals surface area contributed by atoms with E-state index in [9.17, 15) is 4.39 Å². The lowest BCUT2D eigenvalue weighted by Crippen LogP contribution is -2.33. The van der Waals surface area contributed by atoms with Gasteiger partial charge >= 0.3 is 0 Å². The molecule has 0 saturated carbocycles. The molecule has 2 heterocycles. The van der Waals surface area contributed by atoms with Crippen LogP contribution < -0.4 is 5.73 Å². The third-order valence-corrected chi connectivity index (χ3v) is 5.14. The molecule has 1 atom stereocenters. The second kappa shape index (κ2) is 5.58. The molecule has 2 aromatic rings. The number of nitrogen functional groups attached to an aromatic ring is 1. The van der Waals surface area contributed by atoms with Crippen LogP contribution in [0, 0.1) is 11.2 Å². The van der Waals surface area contributed by atoms with Crippen LogP contribution in [0.3, 0.4) is 0 Å². The van der Waals surface area contributed by atoms with Crippen molar-refractivity contribution < 1.29 is 4.39 Å². The fourth-order valence-electron chi connectivity index (χ4n) is 2.93. The molecule has 0 fully saturated rings. The Morgan fingerprint density at radius 2 is 2.29 bits per heavy atom. The van der Waals surface area contributed by atoms with Gasteiger partial charge in [0, 0.05) is 29.6 Å². The van der Waals surface area contributed by atoms with Crippen LogP contribution in [0.4, 0.5) is 4.39 Å². The first-order valence-electron chi connectivity index (χ1n) is 6.99. The summed E-state index contributed by atoms with van der Waals surface area (Å²) in [5, 5.41) is 9.77. The Bertz CT molecular complexity index is 680. The van der Waals surface area contributed by atoms with Crippen molar-refractivity contribution in [1.29, 1.82) is 5.41 Å².